The van der Waals surface area contributed by atoms with Gasteiger partial charge in [-0.2, -0.15) is 0 Å². The first-order chi connectivity index (χ1) is 10.1. The molecular weight excluding hydrogens is 399 g/mol. The zero-order valence-corrected chi connectivity index (χ0v) is 12.5. The lowest BCUT2D eigenvalue weighted by Gasteiger charge is -2.15. The Kier molecular flexibility index (Phi) is 4.28. The summed E-state index contributed by atoms with van der Waals surface area (Å²) < 4.78 is 100. The van der Waals surface area contributed by atoms with E-state index in [2.05, 4.69) is 15.9 Å². The second-order valence-electron chi connectivity index (χ2n) is 4.04. The average Bonchev–Trinajstić information content (AvgIpc) is 2.42. The summed E-state index contributed by atoms with van der Waals surface area (Å²) in [6.45, 7) is 0. The lowest BCUT2D eigenvalue weighted by atomic mass is 10.0. The summed E-state index contributed by atoms with van der Waals surface area (Å²) in [5.41, 5.74) is -2.43. The summed E-state index contributed by atoms with van der Waals surface area (Å²) in [5, 5.41) is 0. The van der Waals surface area contributed by atoms with E-state index in [-0.39, 0.29) is 4.47 Å². The molecule has 2 aromatic rings. The molecule has 0 aliphatic heterocycles. The Morgan fingerprint density at radius 1 is 0.864 bits per heavy atom. The van der Waals surface area contributed by atoms with Crippen LogP contribution in [0.2, 0.25) is 0 Å². The van der Waals surface area contributed by atoms with Gasteiger partial charge in [0.15, 0.2) is 23.3 Å². The van der Waals surface area contributed by atoms with E-state index in [1.807, 2.05) is 0 Å². The molecule has 0 aromatic heterocycles. The maximum atomic E-state index is 13.8. The van der Waals surface area contributed by atoms with E-state index in [9.17, 15) is 34.9 Å². The maximum Gasteiger partial charge on any atom is 0.200 e. The topological polar surface area (TPSA) is 57.2 Å². The van der Waals surface area contributed by atoms with Gasteiger partial charge in [-0.3, -0.25) is 0 Å². The van der Waals surface area contributed by atoms with Crippen molar-refractivity contribution in [3.05, 3.63) is 51.8 Å². The first-order valence-corrected chi connectivity index (χ1v) is 7.53. The average molecular weight is 402 g/mol. The molecule has 0 saturated heterocycles. The molecule has 0 bridgehead atoms. The molecule has 0 atom stereocenters. The highest BCUT2D eigenvalue weighted by atomic mass is 79.9. The van der Waals surface area contributed by atoms with Crippen molar-refractivity contribution >= 4 is 26.0 Å². The van der Waals surface area contributed by atoms with E-state index >= 15 is 0 Å². The molecule has 0 heterocycles. The second-order valence-corrected chi connectivity index (χ2v) is 6.30. The standard InChI is InChI=1S/C12H4BrF5O3S/c13-4-1-2-6(22(19,20)21)5(3-4)7-8(14)10(16)12(18)11(17)9(7)15/h1-3H,(H,19,20,21)/p-1. The van der Waals surface area contributed by atoms with Crippen LogP contribution in [0.1, 0.15) is 0 Å². The number of halogens is 6. The Bertz CT molecular complexity index is 854. The van der Waals surface area contributed by atoms with Crippen LogP contribution >= 0.6 is 15.9 Å². The maximum absolute atomic E-state index is 13.8. The summed E-state index contributed by atoms with van der Waals surface area (Å²) in [6.07, 6.45) is 0. The summed E-state index contributed by atoms with van der Waals surface area (Å²) in [7, 11) is -5.21. The Hall–Kier alpha value is -1.52. The van der Waals surface area contributed by atoms with Crippen LogP contribution in [0.3, 0.4) is 0 Å². The molecule has 0 unspecified atom stereocenters. The van der Waals surface area contributed by atoms with Gasteiger partial charge in [-0.15, -0.1) is 0 Å². The predicted octanol–water partition coefficient (Wildman–Crippen LogP) is 3.72. The molecule has 2 aromatic carbocycles. The van der Waals surface area contributed by atoms with Gasteiger partial charge in [0.1, 0.15) is 10.1 Å². The lowest BCUT2D eigenvalue weighted by Crippen LogP contribution is -2.07. The minimum absolute atomic E-state index is 0.0684. The Balaban J connectivity index is 2.99. The highest BCUT2D eigenvalue weighted by molar-refractivity contribution is 9.10. The van der Waals surface area contributed by atoms with E-state index in [1.165, 1.54) is 0 Å². The van der Waals surface area contributed by atoms with Crippen molar-refractivity contribution in [2.75, 3.05) is 0 Å². The molecule has 22 heavy (non-hydrogen) atoms. The van der Waals surface area contributed by atoms with Crippen molar-refractivity contribution in [3.63, 3.8) is 0 Å². The monoisotopic (exact) mass is 401 g/mol. The smallest absolute Gasteiger partial charge is 0.200 e. The molecule has 0 saturated carbocycles. The van der Waals surface area contributed by atoms with Crippen molar-refractivity contribution in [2.24, 2.45) is 0 Å². The van der Waals surface area contributed by atoms with Gasteiger partial charge in [0.05, 0.1) is 10.5 Å². The van der Waals surface area contributed by atoms with Gasteiger partial charge in [-0.1, -0.05) is 15.9 Å². The van der Waals surface area contributed by atoms with Crippen molar-refractivity contribution in [2.45, 2.75) is 4.90 Å². The first-order valence-electron chi connectivity index (χ1n) is 5.33. The summed E-state index contributed by atoms with van der Waals surface area (Å²) >= 11 is 2.86. The quantitative estimate of drug-likeness (QED) is 0.333. The number of benzene rings is 2. The van der Waals surface area contributed by atoms with Crippen LogP contribution in [-0.4, -0.2) is 13.0 Å². The highest BCUT2D eigenvalue weighted by Crippen LogP contribution is 2.36. The highest BCUT2D eigenvalue weighted by Gasteiger charge is 2.28. The molecule has 0 spiro atoms. The first kappa shape index (κ1) is 16.8. The molecular formula is C12H3BrF5O3S-. The second kappa shape index (κ2) is 5.60. The molecule has 0 aliphatic rings. The van der Waals surface area contributed by atoms with E-state index in [0.717, 1.165) is 12.1 Å². The van der Waals surface area contributed by atoms with Crippen LogP contribution in [0.5, 0.6) is 0 Å². The van der Waals surface area contributed by atoms with Gasteiger partial charge in [0.25, 0.3) is 0 Å². The van der Waals surface area contributed by atoms with E-state index < -0.39 is 55.2 Å². The fraction of sp³-hybridized carbons (Fsp3) is 0. The number of hydrogen-bond acceptors (Lipinski definition) is 3. The van der Waals surface area contributed by atoms with Crippen LogP contribution in [0.15, 0.2) is 27.6 Å². The van der Waals surface area contributed by atoms with Crippen LogP contribution < -0.4 is 0 Å². The van der Waals surface area contributed by atoms with Gasteiger partial charge in [0.2, 0.25) is 5.82 Å². The molecule has 3 nitrogen and oxygen atoms in total. The van der Waals surface area contributed by atoms with Crippen LogP contribution in [0.25, 0.3) is 11.1 Å². The fourth-order valence-electron chi connectivity index (χ4n) is 1.76. The predicted molar refractivity (Wildman–Crippen MR) is 67.3 cm³/mol. The van der Waals surface area contributed by atoms with Crippen molar-refractivity contribution in [1.82, 2.24) is 0 Å². The van der Waals surface area contributed by atoms with E-state index in [4.69, 9.17) is 0 Å². The molecule has 10 heteroatoms. The van der Waals surface area contributed by atoms with Crippen LogP contribution in [-0.2, 0) is 10.1 Å². The number of hydrogen-bond donors (Lipinski definition) is 0. The van der Waals surface area contributed by atoms with Gasteiger partial charge >= 0.3 is 0 Å². The normalized spacial score (nSPS) is 11.8. The van der Waals surface area contributed by atoms with E-state index in [1.54, 1.807) is 0 Å². The summed E-state index contributed by atoms with van der Waals surface area (Å²) in [6, 6.07) is 2.53. The van der Waals surface area contributed by atoms with Gasteiger partial charge in [-0.05, 0) is 18.2 Å². The third-order valence-corrected chi connectivity index (χ3v) is 4.08. The molecule has 0 fully saturated rings. The van der Waals surface area contributed by atoms with Crippen LogP contribution in [0, 0.1) is 29.1 Å². The SMILES string of the molecule is O=S(=O)([O-])c1ccc(Br)cc1-c1c(F)c(F)c(F)c(F)c1F. The minimum atomic E-state index is -5.21. The molecule has 0 amide bonds. The van der Waals surface area contributed by atoms with Gasteiger partial charge in [-0.25, -0.2) is 30.4 Å². The molecule has 0 radical (unpaired) electrons. The fourth-order valence-corrected chi connectivity index (χ4v) is 2.78. The van der Waals surface area contributed by atoms with E-state index in [0.29, 0.717) is 6.07 Å². The number of rotatable bonds is 2. The van der Waals surface area contributed by atoms with Crippen molar-refractivity contribution in [1.29, 1.82) is 0 Å². The van der Waals surface area contributed by atoms with Crippen molar-refractivity contribution in [3.8, 4) is 11.1 Å². The Labute approximate surface area is 129 Å². The van der Waals surface area contributed by atoms with Gasteiger partial charge < -0.3 is 4.55 Å². The zero-order valence-electron chi connectivity index (χ0n) is 10.1. The third-order valence-electron chi connectivity index (χ3n) is 2.69. The lowest BCUT2D eigenvalue weighted by molar-refractivity contribution is 0.381. The third kappa shape index (κ3) is 2.73. The molecule has 118 valence electrons. The molecule has 0 N–H and O–H groups in total. The van der Waals surface area contributed by atoms with Crippen LogP contribution in [0.4, 0.5) is 22.0 Å². The van der Waals surface area contributed by atoms with Crippen molar-refractivity contribution < 1.29 is 34.9 Å². The Morgan fingerprint density at radius 2 is 1.32 bits per heavy atom. The summed E-state index contributed by atoms with van der Waals surface area (Å²) in [4.78, 5) is -1.11. The molecule has 0 aliphatic carbocycles. The Morgan fingerprint density at radius 3 is 1.77 bits per heavy atom. The molecule has 2 rings (SSSR count). The largest absolute Gasteiger partial charge is 0.744 e. The zero-order chi connectivity index (χ0) is 16.8. The summed E-state index contributed by atoms with van der Waals surface area (Å²) in [5.74, 6) is -11.4. The van der Waals surface area contributed by atoms with Gasteiger partial charge in [0, 0.05) is 10.0 Å². The minimum Gasteiger partial charge on any atom is -0.744 e.